The van der Waals surface area contributed by atoms with Crippen molar-refractivity contribution in [3.05, 3.63) is 53.6 Å². The minimum absolute atomic E-state index is 0.00316. The first-order chi connectivity index (χ1) is 16.6. The molecular weight excluding hydrogens is 456 g/mol. The van der Waals surface area contributed by atoms with Gasteiger partial charge in [-0.05, 0) is 62.5 Å². The van der Waals surface area contributed by atoms with E-state index in [0.717, 1.165) is 37.2 Å². The van der Waals surface area contributed by atoms with Gasteiger partial charge in [-0.3, -0.25) is 0 Å². The van der Waals surface area contributed by atoms with Crippen molar-refractivity contribution in [1.82, 2.24) is 0 Å². The van der Waals surface area contributed by atoms with Crippen LogP contribution in [0.1, 0.15) is 59.4 Å². The lowest BCUT2D eigenvalue weighted by Gasteiger charge is -2.36. The second kappa shape index (κ2) is 17.1. The Morgan fingerprint density at radius 2 is 1.71 bits per heavy atom. The van der Waals surface area contributed by atoms with E-state index in [2.05, 4.69) is 59.0 Å². The summed E-state index contributed by atoms with van der Waals surface area (Å²) in [6.07, 6.45) is 9.44. The number of hydrogen-bond acceptors (Lipinski definition) is 5. The Morgan fingerprint density at radius 3 is 2.34 bits per heavy atom. The molecule has 35 heavy (non-hydrogen) atoms. The van der Waals surface area contributed by atoms with Crippen LogP contribution in [0, 0.1) is 0 Å². The third-order valence-electron chi connectivity index (χ3n) is 6.40. The van der Waals surface area contributed by atoms with Crippen LogP contribution < -0.4 is 4.74 Å². The molecule has 200 valence electrons. The van der Waals surface area contributed by atoms with E-state index in [1.165, 1.54) is 5.57 Å². The van der Waals surface area contributed by atoms with Gasteiger partial charge in [-0.15, -0.1) is 0 Å². The highest BCUT2D eigenvalue weighted by atomic mass is 28.4. The molecule has 0 saturated carbocycles. The highest BCUT2D eigenvalue weighted by Gasteiger charge is 2.36. The van der Waals surface area contributed by atoms with Gasteiger partial charge in [0.1, 0.15) is 5.75 Å². The Morgan fingerprint density at radius 1 is 1.00 bits per heavy atom. The molecule has 0 spiro atoms. The van der Waals surface area contributed by atoms with Crippen LogP contribution >= 0.6 is 0 Å². The highest BCUT2D eigenvalue weighted by molar-refractivity contribution is 6.74. The Hall–Kier alpha value is -1.44. The molecular formula is C29H50O5Si. The van der Waals surface area contributed by atoms with Crippen LogP contribution in [0.4, 0.5) is 0 Å². The van der Waals surface area contributed by atoms with Crippen LogP contribution in [-0.2, 0) is 25.2 Å². The molecule has 1 aromatic rings. The van der Waals surface area contributed by atoms with E-state index in [9.17, 15) is 0 Å². The average molecular weight is 507 g/mol. The lowest BCUT2D eigenvalue weighted by atomic mass is 10.1. The fraction of sp³-hybridized carbons (Fsp3) is 0.655. The number of ether oxygens (including phenoxy) is 4. The molecule has 1 aromatic carbocycles. The molecule has 0 radical (unpaired) electrons. The van der Waals surface area contributed by atoms with E-state index < -0.39 is 8.32 Å². The zero-order valence-corrected chi connectivity index (χ0v) is 24.5. The lowest BCUT2D eigenvalue weighted by Crippen LogP contribution is -2.40. The predicted octanol–water partition coefficient (Wildman–Crippen LogP) is 7.33. The van der Waals surface area contributed by atoms with Gasteiger partial charge < -0.3 is 23.4 Å². The largest absolute Gasteiger partial charge is 0.497 e. The molecule has 5 nitrogen and oxygen atoms in total. The summed E-state index contributed by atoms with van der Waals surface area (Å²) in [5.41, 5.74) is 2.38. The van der Waals surface area contributed by atoms with Crippen molar-refractivity contribution in [1.29, 1.82) is 0 Å². The van der Waals surface area contributed by atoms with Crippen LogP contribution in [0.3, 0.4) is 0 Å². The molecule has 0 fully saturated rings. The zero-order valence-electron chi connectivity index (χ0n) is 23.5. The Balaban J connectivity index is 2.46. The molecule has 0 bridgehead atoms. The van der Waals surface area contributed by atoms with Crippen LogP contribution in [0.15, 0.2) is 48.1 Å². The van der Waals surface area contributed by atoms with E-state index in [0.29, 0.717) is 33.0 Å². The first-order valence-corrected chi connectivity index (χ1v) is 15.9. The second-order valence-electron chi connectivity index (χ2n) is 10.4. The Kier molecular flexibility index (Phi) is 15.4. The summed E-state index contributed by atoms with van der Waals surface area (Å²) in [6, 6.07) is 7.96. The first-order valence-electron chi connectivity index (χ1n) is 13.0. The smallest absolute Gasteiger partial charge is 0.191 e. The number of unbranched alkanes of at least 4 members (excludes halogenated alkanes) is 1. The van der Waals surface area contributed by atoms with Gasteiger partial charge in [0.15, 0.2) is 8.32 Å². The fourth-order valence-electron chi connectivity index (χ4n) is 3.03. The molecule has 0 N–H and O–H groups in total. The van der Waals surface area contributed by atoms with E-state index >= 15 is 0 Å². The van der Waals surface area contributed by atoms with Gasteiger partial charge in [-0.2, -0.15) is 0 Å². The average Bonchev–Trinajstić information content (AvgIpc) is 2.81. The topological polar surface area (TPSA) is 46.2 Å². The standard InChI is InChI=1S/C29H50O5Si/c1-9-31-22-23-33-28(19-21-32-24-26-14-17-27(30-6)18-15-26)16-13-25(2)12-10-11-20-34-35(7,8)29(3,4)5/h12-18,28H,9-11,19-24H2,1-8H3/b16-13+,25-12+. The van der Waals surface area contributed by atoms with Crippen molar-refractivity contribution < 1.29 is 23.4 Å². The molecule has 0 aliphatic heterocycles. The molecule has 0 amide bonds. The molecule has 0 heterocycles. The maximum Gasteiger partial charge on any atom is 0.191 e. The predicted molar refractivity (Wildman–Crippen MR) is 149 cm³/mol. The number of benzene rings is 1. The van der Waals surface area contributed by atoms with E-state index in [-0.39, 0.29) is 11.1 Å². The number of allylic oxidation sites excluding steroid dienone is 3. The van der Waals surface area contributed by atoms with E-state index in [1.807, 2.05) is 31.2 Å². The SMILES string of the molecule is CCOCCOC(/C=C/C(C)=C/CCCO[Si](C)(C)C(C)(C)C)CCOCc1ccc(OC)cc1. The van der Waals surface area contributed by atoms with Gasteiger partial charge in [0, 0.05) is 26.2 Å². The van der Waals surface area contributed by atoms with Crippen LogP contribution in [0.25, 0.3) is 0 Å². The number of methoxy groups -OCH3 is 1. The van der Waals surface area contributed by atoms with Crippen molar-refractivity contribution >= 4 is 8.32 Å². The quantitative estimate of drug-likeness (QED) is 0.118. The van der Waals surface area contributed by atoms with Gasteiger partial charge in [0.05, 0.1) is 33.0 Å². The number of rotatable bonds is 18. The van der Waals surface area contributed by atoms with Crippen LogP contribution in [0.5, 0.6) is 5.75 Å². The van der Waals surface area contributed by atoms with Gasteiger partial charge >= 0.3 is 0 Å². The summed E-state index contributed by atoms with van der Waals surface area (Å²) in [5, 5.41) is 0.261. The molecule has 1 unspecified atom stereocenters. The van der Waals surface area contributed by atoms with Crippen LogP contribution in [0.2, 0.25) is 18.1 Å². The lowest BCUT2D eigenvalue weighted by molar-refractivity contribution is 0.00849. The van der Waals surface area contributed by atoms with Crippen LogP contribution in [-0.4, -0.2) is 54.6 Å². The van der Waals surface area contributed by atoms with Crippen molar-refractivity contribution in [3.8, 4) is 5.75 Å². The molecule has 0 saturated heterocycles. The minimum atomic E-state index is -1.65. The summed E-state index contributed by atoms with van der Waals surface area (Å²) in [7, 11) is 0.0205. The van der Waals surface area contributed by atoms with Gasteiger partial charge in [-0.25, -0.2) is 0 Å². The van der Waals surface area contributed by atoms with Crippen molar-refractivity contribution in [3.63, 3.8) is 0 Å². The summed E-state index contributed by atoms with van der Waals surface area (Å²) in [4.78, 5) is 0. The second-order valence-corrected chi connectivity index (χ2v) is 15.2. The number of hydrogen-bond donors (Lipinski definition) is 0. The fourth-order valence-corrected chi connectivity index (χ4v) is 4.12. The van der Waals surface area contributed by atoms with Crippen molar-refractivity contribution in [2.24, 2.45) is 0 Å². The maximum absolute atomic E-state index is 6.28. The molecule has 0 aliphatic rings. The normalized spacial score (nSPS) is 14.0. The summed E-state index contributed by atoms with van der Waals surface area (Å²) >= 11 is 0. The minimum Gasteiger partial charge on any atom is -0.497 e. The molecule has 0 aromatic heterocycles. The molecule has 1 rings (SSSR count). The summed E-state index contributed by atoms with van der Waals surface area (Å²) in [6.45, 7) is 19.5. The molecule has 1 atom stereocenters. The maximum atomic E-state index is 6.28. The van der Waals surface area contributed by atoms with Gasteiger partial charge in [0.2, 0.25) is 0 Å². The monoisotopic (exact) mass is 506 g/mol. The third-order valence-corrected chi connectivity index (χ3v) is 10.9. The van der Waals surface area contributed by atoms with E-state index in [4.69, 9.17) is 23.4 Å². The summed E-state index contributed by atoms with van der Waals surface area (Å²) < 4.78 is 28.8. The van der Waals surface area contributed by atoms with Crippen molar-refractivity contribution in [2.75, 3.05) is 40.1 Å². The van der Waals surface area contributed by atoms with Crippen molar-refractivity contribution in [2.45, 2.75) is 84.7 Å². The zero-order chi connectivity index (χ0) is 26.2. The van der Waals surface area contributed by atoms with E-state index in [1.54, 1.807) is 7.11 Å². The first kappa shape index (κ1) is 31.6. The molecule has 0 aliphatic carbocycles. The third kappa shape index (κ3) is 14.0. The Bertz CT molecular complexity index is 734. The van der Waals surface area contributed by atoms with Gasteiger partial charge in [-0.1, -0.05) is 56.7 Å². The molecule has 6 heteroatoms. The Labute approximate surface area is 216 Å². The summed E-state index contributed by atoms with van der Waals surface area (Å²) in [5.74, 6) is 0.855. The highest BCUT2D eigenvalue weighted by Crippen LogP contribution is 2.36. The van der Waals surface area contributed by atoms with Gasteiger partial charge in [0.25, 0.3) is 0 Å².